The maximum Gasteiger partial charge on any atom is 0.270 e. The molecule has 0 bridgehead atoms. The average molecular weight is 230 g/mol. The van der Waals surface area contributed by atoms with Gasteiger partial charge in [-0.1, -0.05) is 0 Å². The molecular weight excluding hydrogens is 224 g/mol. The van der Waals surface area contributed by atoms with Gasteiger partial charge in [-0.25, -0.2) is 0 Å². The van der Waals surface area contributed by atoms with Gasteiger partial charge in [0.25, 0.3) is 11.6 Å². The van der Waals surface area contributed by atoms with Gasteiger partial charge in [0.1, 0.15) is 5.69 Å². The SMILES string of the molecule is O=[N+]([O-])c1ccc2[nH]c(-c3nnco3)cc2c1. The van der Waals surface area contributed by atoms with Crippen molar-refractivity contribution < 1.29 is 9.34 Å². The molecule has 7 nitrogen and oxygen atoms in total. The zero-order chi connectivity index (χ0) is 11.8. The lowest BCUT2D eigenvalue weighted by Gasteiger charge is -1.90. The molecule has 0 aliphatic rings. The minimum Gasteiger partial charge on any atom is -0.422 e. The van der Waals surface area contributed by atoms with Crippen LogP contribution >= 0.6 is 0 Å². The zero-order valence-electron chi connectivity index (χ0n) is 8.45. The highest BCUT2D eigenvalue weighted by Crippen LogP contribution is 2.25. The highest BCUT2D eigenvalue weighted by Gasteiger charge is 2.11. The van der Waals surface area contributed by atoms with Crippen LogP contribution in [0.5, 0.6) is 0 Å². The Hall–Kier alpha value is -2.70. The highest BCUT2D eigenvalue weighted by molar-refractivity contribution is 5.86. The van der Waals surface area contributed by atoms with E-state index in [9.17, 15) is 10.1 Å². The molecule has 17 heavy (non-hydrogen) atoms. The van der Waals surface area contributed by atoms with Crippen LogP contribution in [0.25, 0.3) is 22.5 Å². The topological polar surface area (TPSA) is 97.8 Å². The first kappa shape index (κ1) is 9.52. The van der Waals surface area contributed by atoms with Gasteiger partial charge in [-0.15, -0.1) is 10.2 Å². The number of aromatic amines is 1. The van der Waals surface area contributed by atoms with Crippen molar-refractivity contribution in [3.05, 3.63) is 40.8 Å². The third kappa shape index (κ3) is 1.53. The molecule has 3 aromatic rings. The van der Waals surface area contributed by atoms with Gasteiger partial charge in [0.2, 0.25) is 6.39 Å². The summed E-state index contributed by atoms with van der Waals surface area (Å²) >= 11 is 0. The van der Waals surface area contributed by atoms with E-state index in [4.69, 9.17) is 4.42 Å². The van der Waals surface area contributed by atoms with Gasteiger partial charge in [-0.3, -0.25) is 10.1 Å². The molecule has 84 valence electrons. The molecule has 0 spiro atoms. The second kappa shape index (κ2) is 3.41. The van der Waals surface area contributed by atoms with E-state index in [1.165, 1.54) is 18.5 Å². The molecule has 0 aliphatic carbocycles. The number of hydrogen-bond acceptors (Lipinski definition) is 5. The van der Waals surface area contributed by atoms with Crippen molar-refractivity contribution in [1.82, 2.24) is 15.2 Å². The molecule has 1 N–H and O–H groups in total. The van der Waals surface area contributed by atoms with Crippen molar-refractivity contribution in [3.63, 3.8) is 0 Å². The first-order valence-corrected chi connectivity index (χ1v) is 4.78. The Balaban J connectivity index is 2.16. The summed E-state index contributed by atoms with van der Waals surface area (Å²) in [5, 5.41) is 18.7. The first-order chi connectivity index (χ1) is 8.24. The third-order valence-corrected chi connectivity index (χ3v) is 2.41. The van der Waals surface area contributed by atoms with E-state index in [0.717, 1.165) is 10.9 Å². The highest BCUT2D eigenvalue weighted by atomic mass is 16.6. The summed E-state index contributed by atoms with van der Waals surface area (Å²) in [5.74, 6) is 0.351. The van der Waals surface area contributed by atoms with Gasteiger partial charge >= 0.3 is 0 Å². The lowest BCUT2D eigenvalue weighted by molar-refractivity contribution is -0.384. The number of H-pyrrole nitrogens is 1. The summed E-state index contributed by atoms with van der Waals surface area (Å²) in [6, 6.07) is 6.31. The number of non-ortho nitro benzene ring substituents is 1. The minimum absolute atomic E-state index is 0.0496. The van der Waals surface area contributed by atoms with E-state index in [0.29, 0.717) is 11.6 Å². The fourth-order valence-corrected chi connectivity index (χ4v) is 1.64. The fraction of sp³-hybridized carbons (Fsp3) is 0. The molecule has 0 aliphatic heterocycles. The van der Waals surface area contributed by atoms with Crippen molar-refractivity contribution in [3.8, 4) is 11.6 Å². The van der Waals surface area contributed by atoms with Gasteiger partial charge in [-0.05, 0) is 12.1 Å². The minimum atomic E-state index is -0.432. The van der Waals surface area contributed by atoms with Crippen LogP contribution in [0.2, 0.25) is 0 Å². The quantitative estimate of drug-likeness (QED) is 0.537. The van der Waals surface area contributed by atoms with Gasteiger partial charge in [0, 0.05) is 23.0 Å². The number of hydrogen-bond donors (Lipinski definition) is 1. The summed E-state index contributed by atoms with van der Waals surface area (Å²) in [5.41, 5.74) is 1.47. The zero-order valence-corrected chi connectivity index (χ0v) is 8.45. The largest absolute Gasteiger partial charge is 0.422 e. The molecule has 7 heteroatoms. The number of fused-ring (bicyclic) bond motifs is 1. The predicted octanol–water partition coefficient (Wildman–Crippen LogP) is 2.13. The van der Waals surface area contributed by atoms with Crippen molar-refractivity contribution in [2.45, 2.75) is 0 Å². The molecule has 0 saturated heterocycles. The Morgan fingerprint density at radius 3 is 2.94 bits per heavy atom. The number of nitrogens with zero attached hydrogens (tertiary/aromatic N) is 3. The molecule has 2 heterocycles. The molecule has 0 saturated carbocycles. The molecule has 0 unspecified atom stereocenters. The van der Waals surface area contributed by atoms with E-state index in [1.54, 1.807) is 12.1 Å². The summed E-state index contributed by atoms with van der Waals surface area (Å²) in [6.07, 6.45) is 1.23. The molecule has 0 amide bonds. The number of nitro benzene ring substituents is 1. The monoisotopic (exact) mass is 230 g/mol. The molecule has 3 rings (SSSR count). The van der Waals surface area contributed by atoms with E-state index in [-0.39, 0.29) is 5.69 Å². The maximum atomic E-state index is 10.6. The third-order valence-electron chi connectivity index (χ3n) is 2.41. The maximum absolute atomic E-state index is 10.6. The smallest absolute Gasteiger partial charge is 0.270 e. The van der Waals surface area contributed by atoms with E-state index in [2.05, 4.69) is 15.2 Å². The van der Waals surface area contributed by atoms with E-state index in [1.807, 2.05) is 0 Å². The van der Waals surface area contributed by atoms with Crippen molar-refractivity contribution in [1.29, 1.82) is 0 Å². The number of benzene rings is 1. The van der Waals surface area contributed by atoms with Crippen LogP contribution in [-0.2, 0) is 0 Å². The summed E-state index contributed by atoms with van der Waals surface area (Å²) < 4.78 is 5.04. The van der Waals surface area contributed by atoms with Crippen molar-refractivity contribution >= 4 is 16.6 Å². The molecule has 2 aromatic heterocycles. The van der Waals surface area contributed by atoms with E-state index < -0.39 is 4.92 Å². The Labute approximate surface area is 94.2 Å². The second-order valence-corrected chi connectivity index (χ2v) is 3.46. The van der Waals surface area contributed by atoms with Gasteiger partial charge in [-0.2, -0.15) is 0 Å². The Kier molecular flexibility index (Phi) is 1.91. The predicted molar refractivity (Wildman–Crippen MR) is 58.2 cm³/mol. The van der Waals surface area contributed by atoms with Crippen molar-refractivity contribution in [2.75, 3.05) is 0 Å². The van der Waals surface area contributed by atoms with Crippen LogP contribution in [0, 0.1) is 10.1 Å². The van der Waals surface area contributed by atoms with Crippen LogP contribution in [0.3, 0.4) is 0 Å². The molecular formula is C10H6N4O3. The van der Waals surface area contributed by atoms with E-state index >= 15 is 0 Å². The molecule has 0 atom stereocenters. The lowest BCUT2D eigenvalue weighted by atomic mass is 10.2. The first-order valence-electron chi connectivity index (χ1n) is 4.78. The van der Waals surface area contributed by atoms with Crippen LogP contribution < -0.4 is 0 Å². The van der Waals surface area contributed by atoms with Crippen molar-refractivity contribution in [2.24, 2.45) is 0 Å². The van der Waals surface area contributed by atoms with Gasteiger partial charge in [0.15, 0.2) is 0 Å². The van der Waals surface area contributed by atoms with Crippen LogP contribution in [-0.4, -0.2) is 20.1 Å². The summed E-state index contributed by atoms with van der Waals surface area (Å²) in [7, 11) is 0. The molecule has 1 aromatic carbocycles. The molecule has 0 radical (unpaired) electrons. The van der Waals surface area contributed by atoms with Gasteiger partial charge in [0.05, 0.1) is 4.92 Å². The second-order valence-electron chi connectivity index (χ2n) is 3.46. The lowest BCUT2D eigenvalue weighted by Crippen LogP contribution is -1.86. The van der Waals surface area contributed by atoms with Crippen LogP contribution in [0.15, 0.2) is 35.1 Å². The number of nitrogens with one attached hydrogen (secondary N) is 1. The Morgan fingerprint density at radius 1 is 1.35 bits per heavy atom. The number of rotatable bonds is 2. The molecule has 0 fully saturated rings. The number of aromatic nitrogens is 3. The summed E-state index contributed by atoms with van der Waals surface area (Å²) in [6.45, 7) is 0. The Morgan fingerprint density at radius 2 is 2.24 bits per heavy atom. The van der Waals surface area contributed by atoms with Crippen LogP contribution in [0.4, 0.5) is 5.69 Å². The average Bonchev–Trinajstić information content (AvgIpc) is 2.96. The number of nitro groups is 1. The fourth-order valence-electron chi connectivity index (χ4n) is 1.64. The standard InChI is InChI=1S/C10H6N4O3/c15-14(16)7-1-2-8-6(3-7)4-9(12-8)10-13-11-5-17-10/h1-5,12H. The van der Waals surface area contributed by atoms with Crippen LogP contribution in [0.1, 0.15) is 0 Å². The normalized spacial score (nSPS) is 10.8. The Bertz CT molecular complexity index is 687. The van der Waals surface area contributed by atoms with Gasteiger partial charge < -0.3 is 9.40 Å². The summed E-state index contributed by atoms with van der Waals surface area (Å²) in [4.78, 5) is 13.2.